The lowest BCUT2D eigenvalue weighted by atomic mass is 9.91. The molecular formula is C21H20BrF2N3O3. The molecule has 2 aliphatic rings. The van der Waals surface area contributed by atoms with Crippen molar-refractivity contribution in [2.75, 3.05) is 25.0 Å². The number of urea groups is 1. The topological polar surface area (TPSA) is 61.9 Å². The van der Waals surface area contributed by atoms with E-state index in [0.29, 0.717) is 39.0 Å². The van der Waals surface area contributed by atoms with Crippen molar-refractivity contribution < 1.29 is 23.1 Å². The summed E-state index contributed by atoms with van der Waals surface area (Å²) in [5, 5.41) is 2.40. The summed E-state index contributed by atoms with van der Waals surface area (Å²) in [5.41, 5.74) is 0.157. The maximum atomic E-state index is 13.8. The molecule has 2 aromatic rings. The smallest absolute Gasteiger partial charge is 0.410 e. The second-order valence-electron chi connectivity index (χ2n) is 7.58. The molecule has 9 heteroatoms. The SMILES string of the molecule is O=C(Nc1cc(F)ccc1F)N1CCC2(CC1)CN(Cc1cccc(Br)c1)C(=O)O2. The van der Waals surface area contributed by atoms with Crippen LogP contribution in [-0.2, 0) is 11.3 Å². The van der Waals surface area contributed by atoms with E-state index < -0.39 is 23.3 Å². The fraction of sp³-hybridized carbons (Fsp3) is 0.333. The second kappa shape index (κ2) is 8.22. The number of halogens is 3. The minimum atomic E-state index is -0.703. The Balaban J connectivity index is 1.35. The Bertz CT molecular complexity index is 980. The summed E-state index contributed by atoms with van der Waals surface area (Å²) in [5.74, 6) is -1.33. The van der Waals surface area contributed by atoms with Gasteiger partial charge in [-0.05, 0) is 29.8 Å². The van der Waals surface area contributed by atoms with E-state index in [2.05, 4.69) is 21.2 Å². The van der Waals surface area contributed by atoms with Crippen LogP contribution in [0.4, 0.5) is 24.1 Å². The molecule has 2 fully saturated rings. The largest absolute Gasteiger partial charge is 0.441 e. The summed E-state index contributed by atoms with van der Waals surface area (Å²) in [4.78, 5) is 28.0. The third-order valence-corrected chi connectivity index (χ3v) is 5.93. The van der Waals surface area contributed by atoms with E-state index in [0.717, 1.165) is 28.2 Å². The minimum Gasteiger partial charge on any atom is -0.441 e. The van der Waals surface area contributed by atoms with E-state index in [1.165, 1.54) is 4.90 Å². The van der Waals surface area contributed by atoms with Crippen LogP contribution in [0.5, 0.6) is 0 Å². The lowest BCUT2D eigenvalue weighted by Crippen LogP contribution is -2.49. The number of carbonyl (C=O) groups is 2. The van der Waals surface area contributed by atoms with Gasteiger partial charge in [0.15, 0.2) is 0 Å². The Kier molecular flexibility index (Phi) is 5.64. The lowest BCUT2D eigenvalue weighted by Gasteiger charge is -2.37. The summed E-state index contributed by atoms with van der Waals surface area (Å²) < 4.78 is 33.7. The molecule has 2 heterocycles. The van der Waals surface area contributed by atoms with E-state index in [4.69, 9.17) is 4.74 Å². The van der Waals surface area contributed by atoms with E-state index in [1.807, 2.05) is 24.3 Å². The molecule has 2 saturated heterocycles. The van der Waals surface area contributed by atoms with Gasteiger partial charge in [0.2, 0.25) is 0 Å². The monoisotopic (exact) mass is 479 g/mol. The number of ether oxygens (including phenoxy) is 1. The Hall–Kier alpha value is -2.68. The Morgan fingerprint density at radius 3 is 2.67 bits per heavy atom. The summed E-state index contributed by atoms with van der Waals surface area (Å²) in [6.07, 6.45) is 0.592. The van der Waals surface area contributed by atoms with E-state index >= 15 is 0 Å². The van der Waals surface area contributed by atoms with Gasteiger partial charge in [-0.2, -0.15) is 0 Å². The molecule has 1 spiro atoms. The Labute approximate surface area is 180 Å². The summed E-state index contributed by atoms with van der Waals surface area (Å²) in [7, 11) is 0. The van der Waals surface area contributed by atoms with Gasteiger partial charge in [-0.3, -0.25) is 4.90 Å². The number of rotatable bonds is 3. The van der Waals surface area contributed by atoms with Gasteiger partial charge in [0.05, 0.1) is 12.2 Å². The van der Waals surface area contributed by atoms with Crippen molar-refractivity contribution in [2.24, 2.45) is 0 Å². The average Bonchev–Trinajstić information content (AvgIpc) is 3.00. The average molecular weight is 480 g/mol. The van der Waals surface area contributed by atoms with Crippen LogP contribution >= 0.6 is 15.9 Å². The van der Waals surface area contributed by atoms with Crippen molar-refractivity contribution in [1.82, 2.24) is 9.80 Å². The van der Waals surface area contributed by atoms with Crippen molar-refractivity contribution in [1.29, 1.82) is 0 Å². The number of nitrogens with one attached hydrogen (secondary N) is 1. The first-order valence-electron chi connectivity index (χ1n) is 9.57. The zero-order valence-electron chi connectivity index (χ0n) is 16.0. The number of anilines is 1. The van der Waals surface area contributed by atoms with Crippen LogP contribution < -0.4 is 5.32 Å². The fourth-order valence-corrected chi connectivity index (χ4v) is 4.28. The van der Waals surface area contributed by atoms with Gasteiger partial charge in [-0.1, -0.05) is 28.1 Å². The van der Waals surface area contributed by atoms with Gasteiger partial charge in [-0.15, -0.1) is 0 Å². The molecule has 3 amide bonds. The molecule has 0 unspecified atom stereocenters. The third kappa shape index (κ3) is 4.40. The van der Waals surface area contributed by atoms with Crippen LogP contribution in [0.15, 0.2) is 46.9 Å². The summed E-state index contributed by atoms with van der Waals surface area (Å²) in [6, 6.07) is 10.1. The zero-order valence-corrected chi connectivity index (χ0v) is 17.6. The highest BCUT2D eigenvalue weighted by molar-refractivity contribution is 9.10. The quantitative estimate of drug-likeness (QED) is 0.690. The van der Waals surface area contributed by atoms with Gasteiger partial charge in [0.1, 0.15) is 17.2 Å². The zero-order chi connectivity index (χ0) is 21.3. The number of benzene rings is 2. The Morgan fingerprint density at radius 2 is 1.93 bits per heavy atom. The number of piperidine rings is 1. The summed E-state index contributed by atoms with van der Waals surface area (Å²) >= 11 is 3.43. The number of hydrogen-bond acceptors (Lipinski definition) is 3. The van der Waals surface area contributed by atoms with Crippen molar-refractivity contribution >= 4 is 33.7 Å². The highest BCUT2D eigenvalue weighted by Gasteiger charge is 2.47. The van der Waals surface area contributed by atoms with Gasteiger partial charge >= 0.3 is 12.1 Å². The molecule has 30 heavy (non-hydrogen) atoms. The van der Waals surface area contributed by atoms with Crippen molar-refractivity contribution in [3.63, 3.8) is 0 Å². The maximum Gasteiger partial charge on any atom is 0.410 e. The first kappa shape index (κ1) is 20.6. The number of amides is 3. The molecule has 4 rings (SSSR count). The Morgan fingerprint density at radius 1 is 1.17 bits per heavy atom. The first-order chi connectivity index (χ1) is 14.3. The molecule has 158 valence electrons. The molecule has 2 aromatic carbocycles. The predicted molar refractivity (Wildman–Crippen MR) is 110 cm³/mol. The molecule has 0 radical (unpaired) electrons. The van der Waals surface area contributed by atoms with Crippen LogP contribution in [0.25, 0.3) is 0 Å². The molecule has 1 N–H and O–H groups in total. The molecule has 0 atom stereocenters. The van der Waals surface area contributed by atoms with Crippen molar-refractivity contribution in [2.45, 2.75) is 25.0 Å². The number of nitrogens with zero attached hydrogens (tertiary/aromatic N) is 2. The van der Waals surface area contributed by atoms with Gasteiger partial charge in [-0.25, -0.2) is 18.4 Å². The maximum absolute atomic E-state index is 13.8. The first-order valence-corrected chi connectivity index (χ1v) is 10.4. The van der Waals surface area contributed by atoms with Gasteiger partial charge < -0.3 is 15.0 Å². The highest BCUT2D eigenvalue weighted by atomic mass is 79.9. The normalized spacial score (nSPS) is 17.9. The number of likely N-dealkylation sites (tertiary alicyclic amines) is 1. The van der Waals surface area contributed by atoms with Crippen LogP contribution in [0.1, 0.15) is 18.4 Å². The molecule has 0 saturated carbocycles. The lowest BCUT2D eigenvalue weighted by molar-refractivity contribution is 0.0108. The minimum absolute atomic E-state index is 0.201. The summed E-state index contributed by atoms with van der Waals surface area (Å²) in [6.45, 7) is 1.59. The van der Waals surface area contributed by atoms with Crippen LogP contribution in [0, 0.1) is 11.6 Å². The van der Waals surface area contributed by atoms with Crippen LogP contribution in [-0.4, -0.2) is 47.2 Å². The number of carbonyl (C=O) groups excluding carboxylic acids is 2. The van der Waals surface area contributed by atoms with E-state index in [9.17, 15) is 18.4 Å². The number of hydrogen-bond donors (Lipinski definition) is 1. The van der Waals surface area contributed by atoms with Crippen LogP contribution in [0.3, 0.4) is 0 Å². The fourth-order valence-electron chi connectivity index (χ4n) is 3.84. The molecule has 0 aromatic heterocycles. The standard InChI is InChI=1S/C21H20BrF2N3O3/c22-15-3-1-2-14(10-15)12-27-13-21(30-20(27)29)6-8-26(9-7-21)19(28)25-18-11-16(23)4-5-17(18)24/h1-5,10-11H,6-9,12-13H2,(H,25,28). The molecular weight excluding hydrogens is 460 g/mol. The van der Waals surface area contributed by atoms with Crippen molar-refractivity contribution in [3.05, 3.63) is 64.1 Å². The molecule has 0 bridgehead atoms. The van der Waals surface area contributed by atoms with Gasteiger partial charge in [0.25, 0.3) is 0 Å². The third-order valence-electron chi connectivity index (χ3n) is 5.44. The molecule has 6 nitrogen and oxygen atoms in total. The highest BCUT2D eigenvalue weighted by Crippen LogP contribution is 2.34. The van der Waals surface area contributed by atoms with E-state index in [1.54, 1.807) is 4.90 Å². The predicted octanol–water partition coefficient (Wildman–Crippen LogP) is 4.75. The second-order valence-corrected chi connectivity index (χ2v) is 8.49. The van der Waals surface area contributed by atoms with E-state index in [-0.39, 0.29) is 11.8 Å². The van der Waals surface area contributed by atoms with Crippen LogP contribution in [0.2, 0.25) is 0 Å². The van der Waals surface area contributed by atoms with Gasteiger partial charge in [0, 0.05) is 43.0 Å². The molecule has 2 aliphatic heterocycles. The van der Waals surface area contributed by atoms with Crippen molar-refractivity contribution in [3.8, 4) is 0 Å². The molecule has 0 aliphatic carbocycles.